The normalized spacial score (nSPS) is 16.3. The number of fused-ring (bicyclic) bond motifs is 1. The van der Waals surface area contributed by atoms with E-state index in [1.165, 1.54) is 0 Å². The van der Waals surface area contributed by atoms with Crippen molar-refractivity contribution in [3.63, 3.8) is 0 Å². The van der Waals surface area contributed by atoms with Crippen LogP contribution in [0.25, 0.3) is 11.0 Å². The molecule has 1 saturated heterocycles. The van der Waals surface area contributed by atoms with Crippen molar-refractivity contribution in [3.05, 3.63) is 12.5 Å². The highest BCUT2D eigenvalue weighted by Gasteiger charge is 2.22. The molecule has 1 fully saturated rings. The molecule has 3 rings (SSSR count). The first kappa shape index (κ1) is 15.7. The van der Waals surface area contributed by atoms with Crippen LogP contribution in [0.2, 0.25) is 0 Å². The van der Waals surface area contributed by atoms with E-state index in [0.29, 0.717) is 6.54 Å². The summed E-state index contributed by atoms with van der Waals surface area (Å²) in [6.07, 6.45) is 3.40. The summed E-state index contributed by atoms with van der Waals surface area (Å²) in [4.78, 5) is 25.0. The highest BCUT2D eigenvalue weighted by atomic mass is 16.2. The van der Waals surface area contributed by atoms with Gasteiger partial charge in [0, 0.05) is 39.3 Å². The van der Waals surface area contributed by atoms with E-state index in [9.17, 15) is 4.79 Å². The second kappa shape index (κ2) is 6.49. The maximum absolute atomic E-state index is 11.9. The summed E-state index contributed by atoms with van der Waals surface area (Å²) in [5.74, 6) is 1.01. The van der Waals surface area contributed by atoms with Gasteiger partial charge in [0.1, 0.15) is 12.1 Å². The monoisotopic (exact) mass is 317 g/mol. The zero-order valence-corrected chi connectivity index (χ0v) is 13.9. The Morgan fingerprint density at radius 2 is 2.00 bits per heavy atom. The van der Waals surface area contributed by atoms with Gasteiger partial charge in [0.25, 0.3) is 0 Å². The van der Waals surface area contributed by atoms with Gasteiger partial charge < -0.3 is 10.2 Å². The van der Waals surface area contributed by atoms with Gasteiger partial charge in [-0.05, 0) is 13.8 Å². The number of aromatic nitrogens is 4. The van der Waals surface area contributed by atoms with Crippen LogP contribution in [0.1, 0.15) is 13.8 Å². The second-order valence-electron chi connectivity index (χ2n) is 6.19. The van der Waals surface area contributed by atoms with Gasteiger partial charge in [0.05, 0.1) is 18.1 Å². The smallest absolute Gasteiger partial charge is 0.234 e. The maximum atomic E-state index is 11.9. The Hall–Kier alpha value is -2.22. The van der Waals surface area contributed by atoms with Crippen molar-refractivity contribution in [2.45, 2.75) is 19.9 Å². The highest BCUT2D eigenvalue weighted by Crippen LogP contribution is 2.22. The Morgan fingerprint density at radius 3 is 2.70 bits per heavy atom. The third-order valence-electron chi connectivity index (χ3n) is 4.00. The molecule has 0 unspecified atom stereocenters. The summed E-state index contributed by atoms with van der Waals surface area (Å²) in [7, 11) is 1.88. The molecule has 0 radical (unpaired) electrons. The molecule has 0 aliphatic carbocycles. The Kier molecular flexibility index (Phi) is 4.42. The number of nitrogens with one attached hydrogen (secondary N) is 1. The lowest BCUT2D eigenvalue weighted by molar-refractivity contribution is -0.122. The molecule has 1 N–H and O–H groups in total. The molecule has 0 atom stereocenters. The van der Waals surface area contributed by atoms with Gasteiger partial charge in [-0.15, -0.1) is 0 Å². The highest BCUT2D eigenvalue weighted by molar-refractivity contribution is 5.86. The number of hydrogen-bond donors (Lipinski definition) is 1. The van der Waals surface area contributed by atoms with Crippen LogP contribution >= 0.6 is 0 Å². The van der Waals surface area contributed by atoms with Gasteiger partial charge in [-0.25, -0.2) is 9.97 Å². The number of amides is 1. The Bertz CT molecular complexity index is 688. The molecule has 8 heteroatoms. The van der Waals surface area contributed by atoms with Gasteiger partial charge in [0.15, 0.2) is 5.65 Å². The quantitative estimate of drug-likeness (QED) is 0.856. The molecule has 0 aromatic carbocycles. The van der Waals surface area contributed by atoms with Gasteiger partial charge in [-0.1, -0.05) is 0 Å². The predicted molar refractivity (Wildman–Crippen MR) is 88.2 cm³/mol. The molecule has 2 aromatic rings. The van der Waals surface area contributed by atoms with E-state index in [-0.39, 0.29) is 11.9 Å². The number of rotatable bonds is 4. The van der Waals surface area contributed by atoms with Crippen molar-refractivity contribution in [1.29, 1.82) is 0 Å². The van der Waals surface area contributed by atoms with Crippen LogP contribution in [-0.2, 0) is 11.8 Å². The first-order valence-electron chi connectivity index (χ1n) is 7.94. The van der Waals surface area contributed by atoms with E-state index in [0.717, 1.165) is 43.0 Å². The lowest BCUT2D eigenvalue weighted by Crippen LogP contribution is -2.50. The molecular formula is C15H23N7O. The molecule has 1 aliphatic rings. The van der Waals surface area contributed by atoms with E-state index in [1.54, 1.807) is 11.0 Å². The predicted octanol–water partition coefficient (Wildman–Crippen LogP) is 0.00990. The van der Waals surface area contributed by atoms with E-state index in [4.69, 9.17) is 0 Å². The van der Waals surface area contributed by atoms with Crippen molar-refractivity contribution in [3.8, 4) is 0 Å². The minimum Gasteiger partial charge on any atom is -0.353 e. The minimum absolute atomic E-state index is 0.0881. The van der Waals surface area contributed by atoms with Crippen molar-refractivity contribution < 1.29 is 4.79 Å². The van der Waals surface area contributed by atoms with Crippen molar-refractivity contribution in [1.82, 2.24) is 30.0 Å². The molecule has 0 bridgehead atoms. The molecule has 2 aromatic heterocycles. The van der Waals surface area contributed by atoms with Crippen LogP contribution in [0, 0.1) is 0 Å². The third kappa shape index (κ3) is 3.42. The lowest BCUT2D eigenvalue weighted by atomic mass is 10.2. The summed E-state index contributed by atoms with van der Waals surface area (Å²) < 4.78 is 1.76. The van der Waals surface area contributed by atoms with Crippen LogP contribution in [0.4, 0.5) is 5.82 Å². The van der Waals surface area contributed by atoms with Crippen molar-refractivity contribution >= 4 is 22.8 Å². The van der Waals surface area contributed by atoms with Crippen molar-refractivity contribution in [2.75, 3.05) is 37.6 Å². The summed E-state index contributed by atoms with van der Waals surface area (Å²) in [6.45, 7) is 7.78. The minimum atomic E-state index is 0.0881. The molecule has 3 heterocycles. The molecule has 8 nitrogen and oxygen atoms in total. The average molecular weight is 317 g/mol. The fourth-order valence-electron chi connectivity index (χ4n) is 2.89. The van der Waals surface area contributed by atoms with Gasteiger partial charge >= 0.3 is 0 Å². The van der Waals surface area contributed by atoms with E-state index < -0.39 is 0 Å². The number of carbonyl (C=O) groups excluding carboxylic acids is 1. The number of anilines is 1. The number of aryl methyl sites for hydroxylation is 1. The summed E-state index contributed by atoms with van der Waals surface area (Å²) in [5, 5.41) is 8.16. The van der Waals surface area contributed by atoms with Crippen molar-refractivity contribution in [2.24, 2.45) is 7.05 Å². The third-order valence-corrected chi connectivity index (χ3v) is 4.00. The zero-order valence-electron chi connectivity index (χ0n) is 13.9. The van der Waals surface area contributed by atoms with Crippen LogP contribution < -0.4 is 10.2 Å². The molecule has 1 aliphatic heterocycles. The number of nitrogens with zero attached hydrogens (tertiary/aromatic N) is 6. The first-order valence-corrected chi connectivity index (χ1v) is 7.94. The zero-order chi connectivity index (χ0) is 16.4. The van der Waals surface area contributed by atoms with Gasteiger partial charge in [-0.2, -0.15) is 5.10 Å². The van der Waals surface area contributed by atoms with Crippen LogP contribution in [-0.4, -0.2) is 69.3 Å². The first-order chi connectivity index (χ1) is 11.0. The number of hydrogen-bond acceptors (Lipinski definition) is 6. The van der Waals surface area contributed by atoms with Crippen LogP contribution in [0.5, 0.6) is 0 Å². The summed E-state index contributed by atoms with van der Waals surface area (Å²) in [6, 6.07) is 0.184. The Morgan fingerprint density at radius 1 is 1.26 bits per heavy atom. The number of carbonyl (C=O) groups is 1. The molecule has 0 saturated carbocycles. The van der Waals surface area contributed by atoms with Crippen LogP contribution in [0.15, 0.2) is 12.5 Å². The van der Waals surface area contributed by atoms with E-state index in [2.05, 4.69) is 30.2 Å². The summed E-state index contributed by atoms with van der Waals surface area (Å²) in [5.41, 5.74) is 0.841. The lowest BCUT2D eigenvalue weighted by Gasteiger charge is -2.35. The molecule has 23 heavy (non-hydrogen) atoms. The Balaban J connectivity index is 1.63. The SMILES string of the molecule is CC(C)NC(=O)CN1CCN(c2ncnc3c2cnn3C)CC1. The largest absolute Gasteiger partial charge is 0.353 e. The maximum Gasteiger partial charge on any atom is 0.234 e. The van der Waals surface area contributed by atoms with E-state index >= 15 is 0 Å². The van der Waals surface area contributed by atoms with Gasteiger partial charge in [0.2, 0.25) is 5.91 Å². The van der Waals surface area contributed by atoms with Gasteiger partial charge in [-0.3, -0.25) is 14.4 Å². The van der Waals surface area contributed by atoms with Crippen LogP contribution in [0.3, 0.4) is 0 Å². The molecule has 1 amide bonds. The number of piperazine rings is 1. The van der Waals surface area contributed by atoms with E-state index in [1.807, 2.05) is 27.1 Å². The Labute approximate surface area is 135 Å². The standard InChI is InChI=1S/C15H23N7O/c1-11(2)19-13(23)9-21-4-6-22(7-5-21)15-12-8-18-20(3)14(12)16-10-17-15/h8,10-11H,4-7,9H2,1-3H3,(H,19,23). The summed E-state index contributed by atoms with van der Waals surface area (Å²) >= 11 is 0. The average Bonchev–Trinajstić information content (AvgIpc) is 2.89. The second-order valence-corrected chi connectivity index (χ2v) is 6.19. The fourth-order valence-corrected chi connectivity index (χ4v) is 2.89. The topological polar surface area (TPSA) is 79.2 Å². The molecular weight excluding hydrogens is 294 g/mol. The fraction of sp³-hybridized carbons (Fsp3) is 0.600. The molecule has 0 spiro atoms. The molecule has 124 valence electrons.